The summed E-state index contributed by atoms with van der Waals surface area (Å²) in [6.45, 7) is 0.145. The van der Waals surface area contributed by atoms with E-state index in [9.17, 15) is 17.2 Å². The molecule has 2 aromatic rings. The molecule has 8 heteroatoms. The molecule has 0 aliphatic heterocycles. The number of hydrogen-bond acceptors (Lipinski definition) is 4. The zero-order valence-electron chi connectivity index (χ0n) is 10.3. The van der Waals surface area contributed by atoms with Crippen LogP contribution in [0, 0.1) is 11.6 Å². The first-order chi connectivity index (χ1) is 9.46. The quantitative estimate of drug-likeness (QED) is 0.880. The Kier molecular flexibility index (Phi) is 4.46. The van der Waals surface area contributed by atoms with Crippen LogP contribution >= 0.6 is 0 Å². The number of hydrogen-bond donors (Lipinski definition) is 1. The van der Waals surface area contributed by atoms with Crippen molar-refractivity contribution in [2.45, 2.75) is 12.2 Å². The summed E-state index contributed by atoms with van der Waals surface area (Å²) in [5.41, 5.74) is 0.671. The van der Waals surface area contributed by atoms with Crippen molar-refractivity contribution in [1.82, 2.24) is 9.88 Å². The molecule has 0 atom stereocenters. The van der Waals surface area contributed by atoms with Crippen molar-refractivity contribution < 1.29 is 21.7 Å². The molecule has 0 aliphatic carbocycles. The summed E-state index contributed by atoms with van der Waals surface area (Å²) >= 11 is 0. The third-order valence-electron chi connectivity index (χ3n) is 2.58. The molecule has 0 saturated carbocycles. The number of aromatic nitrogens is 1. The molecule has 5 nitrogen and oxygen atoms in total. The molecule has 1 aromatic heterocycles. The second kappa shape index (κ2) is 6.10. The highest BCUT2D eigenvalue weighted by atomic mass is 32.2. The maximum Gasteiger partial charge on any atom is 0.215 e. The van der Waals surface area contributed by atoms with E-state index < -0.39 is 27.4 Å². The van der Waals surface area contributed by atoms with E-state index in [2.05, 4.69) is 14.4 Å². The molecule has 0 spiro atoms. The van der Waals surface area contributed by atoms with Crippen LogP contribution in [-0.2, 0) is 22.2 Å². The van der Waals surface area contributed by atoms with Crippen LogP contribution in [0.5, 0.6) is 0 Å². The Morgan fingerprint density at radius 3 is 2.75 bits per heavy atom. The lowest BCUT2D eigenvalue weighted by atomic mass is 10.2. The van der Waals surface area contributed by atoms with Crippen molar-refractivity contribution in [1.29, 1.82) is 0 Å². The first-order valence-corrected chi connectivity index (χ1v) is 7.41. The Morgan fingerprint density at radius 2 is 2.10 bits per heavy atom. The minimum absolute atomic E-state index is 0.0797. The number of benzene rings is 1. The number of rotatable bonds is 6. The average molecular weight is 302 g/mol. The van der Waals surface area contributed by atoms with Gasteiger partial charge >= 0.3 is 0 Å². The van der Waals surface area contributed by atoms with Gasteiger partial charge in [0.05, 0.1) is 11.9 Å². The molecule has 108 valence electrons. The normalized spacial score (nSPS) is 11.7. The molecule has 0 unspecified atom stereocenters. The van der Waals surface area contributed by atoms with Crippen LogP contribution in [0.15, 0.2) is 35.2 Å². The smallest absolute Gasteiger partial charge is 0.215 e. The second-order valence-electron chi connectivity index (χ2n) is 4.17. The molecule has 0 saturated heterocycles. The monoisotopic (exact) mass is 302 g/mol. The first kappa shape index (κ1) is 14.6. The zero-order valence-corrected chi connectivity index (χ0v) is 11.2. The highest BCUT2D eigenvalue weighted by Crippen LogP contribution is 2.12. The van der Waals surface area contributed by atoms with Crippen molar-refractivity contribution in [3.05, 3.63) is 53.4 Å². The number of nitrogens with zero attached hydrogens (tertiary/aromatic N) is 1. The van der Waals surface area contributed by atoms with Gasteiger partial charge in [-0.05, 0) is 12.5 Å². The van der Waals surface area contributed by atoms with Crippen LogP contribution in [0.2, 0.25) is 0 Å². The fourth-order valence-electron chi connectivity index (χ4n) is 1.60. The summed E-state index contributed by atoms with van der Waals surface area (Å²) < 4.78 is 56.5. The lowest BCUT2D eigenvalue weighted by Crippen LogP contribution is -2.27. The van der Waals surface area contributed by atoms with Crippen LogP contribution < -0.4 is 4.72 Å². The molecule has 2 rings (SSSR count). The van der Waals surface area contributed by atoms with Crippen LogP contribution in [0.25, 0.3) is 0 Å². The lowest BCUT2D eigenvalue weighted by Gasteiger charge is -2.07. The van der Waals surface area contributed by atoms with Crippen molar-refractivity contribution in [2.24, 2.45) is 0 Å². The van der Waals surface area contributed by atoms with Crippen LogP contribution in [-0.4, -0.2) is 20.1 Å². The Bertz CT molecular complexity index is 672. The van der Waals surface area contributed by atoms with E-state index in [4.69, 9.17) is 0 Å². The summed E-state index contributed by atoms with van der Waals surface area (Å²) in [6, 6.07) is 2.79. The highest BCUT2D eigenvalue weighted by Gasteiger charge is 2.14. The Hall–Kier alpha value is -1.80. The SMILES string of the molecule is O=S(=O)(Cc1ccc(F)cc1F)NCCc1cnoc1. The zero-order chi connectivity index (χ0) is 14.6. The lowest BCUT2D eigenvalue weighted by molar-refractivity contribution is 0.419. The van der Waals surface area contributed by atoms with E-state index in [1.54, 1.807) is 0 Å². The molecule has 1 N–H and O–H groups in total. The Labute approximate surface area is 114 Å². The average Bonchev–Trinajstić information content (AvgIpc) is 2.85. The number of sulfonamides is 1. The molecular weight excluding hydrogens is 290 g/mol. The third kappa shape index (κ3) is 4.10. The fraction of sp³-hybridized carbons (Fsp3) is 0.250. The summed E-state index contributed by atoms with van der Waals surface area (Å²) in [6.07, 6.45) is 3.30. The predicted molar refractivity (Wildman–Crippen MR) is 67.2 cm³/mol. The van der Waals surface area contributed by atoms with Crippen molar-refractivity contribution in [2.75, 3.05) is 6.54 Å². The van der Waals surface area contributed by atoms with Gasteiger partial charge in [-0.2, -0.15) is 0 Å². The summed E-state index contributed by atoms with van der Waals surface area (Å²) in [4.78, 5) is 0. The molecule has 0 aliphatic rings. The van der Waals surface area contributed by atoms with E-state index in [0.717, 1.165) is 17.7 Å². The summed E-state index contributed by atoms with van der Waals surface area (Å²) in [5, 5.41) is 3.49. The standard InChI is InChI=1S/C12H12F2N2O3S/c13-11-2-1-10(12(14)5-11)8-20(17,18)16-4-3-9-6-15-19-7-9/h1-2,5-7,16H,3-4,8H2. The van der Waals surface area contributed by atoms with E-state index in [1.807, 2.05) is 0 Å². The maximum absolute atomic E-state index is 13.4. The summed E-state index contributed by atoms with van der Waals surface area (Å²) in [7, 11) is -3.69. The third-order valence-corrected chi connectivity index (χ3v) is 3.91. The number of halogens is 2. The predicted octanol–water partition coefficient (Wildman–Crippen LogP) is 1.61. The van der Waals surface area contributed by atoms with Gasteiger partial charge < -0.3 is 4.52 Å². The van der Waals surface area contributed by atoms with Gasteiger partial charge in [-0.3, -0.25) is 0 Å². The van der Waals surface area contributed by atoms with Gasteiger partial charge in [0, 0.05) is 23.7 Å². The first-order valence-electron chi connectivity index (χ1n) is 5.76. The topological polar surface area (TPSA) is 72.2 Å². The molecule has 0 fully saturated rings. The molecule has 0 amide bonds. The number of nitrogens with one attached hydrogen (secondary N) is 1. The highest BCUT2D eigenvalue weighted by molar-refractivity contribution is 7.88. The van der Waals surface area contributed by atoms with Gasteiger partial charge in [-0.25, -0.2) is 21.9 Å². The molecule has 0 bridgehead atoms. The van der Waals surface area contributed by atoms with Gasteiger partial charge in [0.25, 0.3) is 0 Å². The molecule has 1 heterocycles. The van der Waals surface area contributed by atoms with Gasteiger partial charge in [0.2, 0.25) is 10.0 Å². The van der Waals surface area contributed by atoms with Crippen LogP contribution in [0.1, 0.15) is 11.1 Å². The van der Waals surface area contributed by atoms with Crippen LogP contribution in [0.4, 0.5) is 8.78 Å². The van der Waals surface area contributed by atoms with Gasteiger partial charge in [-0.1, -0.05) is 11.2 Å². The largest absolute Gasteiger partial charge is 0.364 e. The molecular formula is C12H12F2N2O3S. The fourth-order valence-corrected chi connectivity index (χ4v) is 2.75. The van der Waals surface area contributed by atoms with Crippen molar-refractivity contribution >= 4 is 10.0 Å². The minimum atomic E-state index is -3.69. The minimum Gasteiger partial charge on any atom is -0.364 e. The van der Waals surface area contributed by atoms with Gasteiger partial charge in [0.15, 0.2) is 0 Å². The molecule has 1 aromatic carbocycles. The van der Waals surface area contributed by atoms with E-state index in [1.165, 1.54) is 12.5 Å². The van der Waals surface area contributed by atoms with Crippen molar-refractivity contribution in [3.63, 3.8) is 0 Å². The molecule has 20 heavy (non-hydrogen) atoms. The van der Waals surface area contributed by atoms with Gasteiger partial charge in [0.1, 0.15) is 17.9 Å². The Morgan fingerprint density at radius 1 is 1.30 bits per heavy atom. The van der Waals surface area contributed by atoms with E-state index in [0.29, 0.717) is 12.5 Å². The second-order valence-corrected chi connectivity index (χ2v) is 5.98. The molecule has 0 radical (unpaired) electrons. The Balaban J connectivity index is 1.93. The maximum atomic E-state index is 13.4. The van der Waals surface area contributed by atoms with E-state index >= 15 is 0 Å². The van der Waals surface area contributed by atoms with Crippen molar-refractivity contribution in [3.8, 4) is 0 Å². The van der Waals surface area contributed by atoms with E-state index in [-0.39, 0.29) is 12.1 Å². The van der Waals surface area contributed by atoms with Crippen LogP contribution in [0.3, 0.4) is 0 Å². The summed E-state index contributed by atoms with van der Waals surface area (Å²) in [5.74, 6) is -2.17. The van der Waals surface area contributed by atoms with Gasteiger partial charge in [-0.15, -0.1) is 0 Å².